The molecule has 0 spiro atoms. The van der Waals surface area contributed by atoms with Crippen molar-refractivity contribution in [1.82, 2.24) is 14.8 Å². The van der Waals surface area contributed by atoms with Crippen LogP contribution in [-0.2, 0) is 19.3 Å². The molecule has 0 aromatic carbocycles. The summed E-state index contributed by atoms with van der Waals surface area (Å²) >= 11 is 3.57. The van der Waals surface area contributed by atoms with Gasteiger partial charge >= 0.3 is 0 Å². The first-order valence-electron chi connectivity index (χ1n) is 6.82. The summed E-state index contributed by atoms with van der Waals surface area (Å²) in [7, 11) is 0. The van der Waals surface area contributed by atoms with Gasteiger partial charge in [0.2, 0.25) is 0 Å². The highest BCUT2D eigenvalue weighted by atomic mass is 32.1. The van der Waals surface area contributed by atoms with Gasteiger partial charge in [-0.05, 0) is 30.9 Å². The Morgan fingerprint density at radius 3 is 3.20 bits per heavy atom. The molecule has 1 atom stereocenters. The van der Waals surface area contributed by atoms with E-state index in [1.807, 2.05) is 17.5 Å². The lowest BCUT2D eigenvalue weighted by molar-refractivity contribution is 0.555. The fraction of sp³-hybridized carbons (Fsp3) is 0.357. The Labute approximate surface area is 125 Å². The third-order valence-electron chi connectivity index (χ3n) is 3.87. The van der Waals surface area contributed by atoms with Crippen molar-refractivity contribution >= 4 is 27.6 Å². The van der Waals surface area contributed by atoms with E-state index in [0.29, 0.717) is 0 Å². The largest absolute Gasteiger partial charge is 0.297 e. The predicted octanol–water partition coefficient (Wildman–Crippen LogP) is 2.69. The number of rotatable bonds is 4. The fourth-order valence-electron chi connectivity index (χ4n) is 2.85. The Morgan fingerprint density at radius 2 is 2.40 bits per heavy atom. The van der Waals surface area contributed by atoms with Crippen LogP contribution < -0.4 is 11.3 Å². The van der Waals surface area contributed by atoms with Crippen LogP contribution in [0.2, 0.25) is 0 Å². The summed E-state index contributed by atoms with van der Waals surface area (Å²) in [6.45, 7) is 0. The summed E-state index contributed by atoms with van der Waals surface area (Å²) in [5.41, 5.74) is 5.57. The van der Waals surface area contributed by atoms with Crippen LogP contribution in [0, 0.1) is 0 Å². The second-order valence-corrected chi connectivity index (χ2v) is 7.24. The predicted molar refractivity (Wildman–Crippen MR) is 83.2 cm³/mol. The van der Waals surface area contributed by atoms with Gasteiger partial charge in [-0.3, -0.25) is 15.7 Å². The molecule has 0 fully saturated rings. The number of nitrogens with zero attached hydrogens (tertiary/aromatic N) is 2. The lowest BCUT2D eigenvalue weighted by Crippen LogP contribution is -2.29. The quantitative estimate of drug-likeness (QED) is 0.575. The van der Waals surface area contributed by atoms with Crippen LogP contribution in [0.4, 0.5) is 0 Å². The van der Waals surface area contributed by atoms with Crippen molar-refractivity contribution in [2.45, 2.75) is 31.7 Å². The zero-order valence-electron chi connectivity index (χ0n) is 11.0. The highest BCUT2D eigenvalue weighted by Crippen LogP contribution is 2.34. The summed E-state index contributed by atoms with van der Waals surface area (Å²) < 4.78 is 2.07. The zero-order chi connectivity index (χ0) is 13.5. The molecule has 0 saturated carbocycles. The van der Waals surface area contributed by atoms with Gasteiger partial charge in [0.15, 0.2) is 4.96 Å². The van der Waals surface area contributed by atoms with Crippen molar-refractivity contribution in [3.8, 4) is 0 Å². The maximum absolute atomic E-state index is 5.77. The SMILES string of the molecule is NNC(Cc1cn2ccsc2n1)c1cc2c(s1)CCC2. The molecule has 1 aliphatic rings. The minimum Gasteiger partial charge on any atom is -0.297 e. The number of fused-ring (bicyclic) bond motifs is 2. The number of aromatic nitrogens is 2. The summed E-state index contributed by atoms with van der Waals surface area (Å²) in [5, 5.41) is 2.05. The van der Waals surface area contributed by atoms with Gasteiger partial charge in [-0.2, -0.15) is 0 Å². The van der Waals surface area contributed by atoms with Crippen molar-refractivity contribution in [3.63, 3.8) is 0 Å². The number of nitrogens with one attached hydrogen (secondary N) is 1. The number of hydrogen-bond acceptors (Lipinski definition) is 5. The molecule has 20 heavy (non-hydrogen) atoms. The molecule has 6 heteroatoms. The second-order valence-electron chi connectivity index (χ2n) is 5.20. The molecule has 0 aliphatic heterocycles. The van der Waals surface area contributed by atoms with Crippen LogP contribution in [-0.4, -0.2) is 9.38 Å². The van der Waals surface area contributed by atoms with Gasteiger partial charge in [-0.15, -0.1) is 22.7 Å². The normalized spacial score (nSPS) is 15.8. The Morgan fingerprint density at radius 1 is 1.45 bits per heavy atom. The Hall–Kier alpha value is -1.21. The van der Waals surface area contributed by atoms with Crippen LogP contribution in [0.5, 0.6) is 0 Å². The maximum Gasteiger partial charge on any atom is 0.193 e. The number of imidazole rings is 1. The fourth-order valence-corrected chi connectivity index (χ4v) is 4.89. The standard InChI is InChI=1S/C14H16N4S2/c15-17-11(13-6-9-2-1-3-12(9)20-13)7-10-8-18-4-5-19-14(18)16-10/h4-6,8,11,17H,1-3,7,15H2. The van der Waals surface area contributed by atoms with E-state index in [0.717, 1.165) is 17.1 Å². The molecule has 0 bridgehead atoms. The van der Waals surface area contributed by atoms with Crippen molar-refractivity contribution in [3.05, 3.63) is 44.9 Å². The number of hydrazine groups is 1. The maximum atomic E-state index is 5.77. The highest BCUT2D eigenvalue weighted by Gasteiger charge is 2.20. The molecule has 3 heterocycles. The molecular weight excluding hydrogens is 288 g/mol. The van der Waals surface area contributed by atoms with Crippen molar-refractivity contribution in [1.29, 1.82) is 0 Å². The third-order valence-corrected chi connectivity index (χ3v) is 5.99. The van der Waals surface area contributed by atoms with E-state index in [4.69, 9.17) is 5.84 Å². The van der Waals surface area contributed by atoms with Gasteiger partial charge in [0, 0.05) is 33.9 Å². The number of thiophene rings is 1. The molecule has 0 radical (unpaired) electrons. The monoisotopic (exact) mass is 304 g/mol. The average Bonchev–Trinajstić information content (AvgIpc) is 3.13. The molecule has 3 aromatic heterocycles. The summed E-state index contributed by atoms with van der Waals surface area (Å²) in [6, 6.07) is 2.49. The van der Waals surface area contributed by atoms with E-state index < -0.39 is 0 Å². The van der Waals surface area contributed by atoms with Crippen molar-refractivity contribution < 1.29 is 0 Å². The summed E-state index contributed by atoms with van der Waals surface area (Å²) in [5.74, 6) is 5.77. The van der Waals surface area contributed by atoms with Crippen LogP contribution in [0.25, 0.3) is 4.96 Å². The van der Waals surface area contributed by atoms with Crippen molar-refractivity contribution in [2.24, 2.45) is 5.84 Å². The topological polar surface area (TPSA) is 55.3 Å². The summed E-state index contributed by atoms with van der Waals surface area (Å²) in [6.07, 6.45) is 8.74. The number of hydrogen-bond donors (Lipinski definition) is 2. The number of aryl methyl sites for hydroxylation is 2. The molecule has 3 aromatic rings. The van der Waals surface area contributed by atoms with Crippen molar-refractivity contribution in [2.75, 3.05) is 0 Å². The number of nitrogens with two attached hydrogens (primary N) is 1. The van der Waals surface area contributed by atoms with E-state index in [1.54, 1.807) is 16.2 Å². The first-order valence-corrected chi connectivity index (χ1v) is 8.52. The lowest BCUT2D eigenvalue weighted by atomic mass is 10.1. The van der Waals surface area contributed by atoms with Gasteiger partial charge in [-0.25, -0.2) is 4.98 Å². The Kier molecular flexibility index (Phi) is 3.11. The molecule has 1 aliphatic carbocycles. The molecule has 1 unspecified atom stereocenters. The van der Waals surface area contributed by atoms with Crippen LogP contribution in [0.15, 0.2) is 23.8 Å². The van der Waals surface area contributed by atoms with E-state index in [-0.39, 0.29) is 6.04 Å². The van der Waals surface area contributed by atoms with E-state index in [2.05, 4.69) is 32.5 Å². The molecule has 4 rings (SSSR count). The molecule has 104 valence electrons. The van der Waals surface area contributed by atoms with Gasteiger partial charge in [0.25, 0.3) is 0 Å². The molecule has 0 saturated heterocycles. The summed E-state index contributed by atoms with van der Waals surface area (Å²) in [4.78, 5) is 8.57. The molecular formula is C14H16N4S2. The Balaban J connectivity index is 1.59. The second kappa shape index (κ2) is 4.96. The minimum atomic E-state index is 0.162. The van der Waals surface area contributed by atoms with Gasteiger partial charge in [0.1, 0.15) is 0 Å². The zero-order valence-corrected chi connectivity index (χ0v) is 12.6. The van der Waals surface area contributed by atoms with Crippen LogP contribution in [0.3, 0.4) is 0 Å². The molecule has 0 amide bonds. The average molecular weight is 304 g/mol. The first kappa shape index (κ1) is 12.5. The number of thiazole rings is 1. The smallest absolute Gasteiger partial charge is 0.193 e. The van der Waals surface area contributed by atoms with E-state index >= 15 is 0 Å². The van der Waals surface area contributed by atoms with Crippen LogP contribution in [0.1, 0.15) is 33.5 Å². The molecule has 3 N–H and O–H groups in total. The van der Waals surface area contributed by atoms with Gasteiger partial charge < -0.3 is 0 Å². The van der Waals surface area contributed by atoms with Gasteiger partial charge in [0.05, 0.1) is 11.7 Å². The Bertz CT molecular complexity index is 689. The molecule has 4 nitrogen and oxygen atoms in total. The highest BCUT2D eigenvalue weighted by molar-refractivity contribution is 7.15. The first-order chi connectivity index (χ1) is 9.83. The van der Waals surface area contributed by atoms with E-state index in [1.165, 1.54) is 29.7 Å². The minimum absolute atomic E-state index is 0.162. The van der Waals surface area contributed by atoms with Crippen LogP contribution >= 0.6 is 22.7 Å². The van der Waals surface area contributed by atoms with Gasteiger partial charge in [-0.1, -0.05) is 0 Å². The third kappa shape index (κ3) is 2.09. The lowest BCUT2D eigenvalue weighted by Gasteiger charge is -2.12. The van der Waals surface area contributed by atoms with E-state index in [9.17, 15) is 0 Å².